The predicted molar refractivity (Wildman–Crippen MR) is 407 cm³/mol. The molecule has 540 valence electrons. The van der Waals surface area contributed by atoms with Gasteiger partial charge in [-0.05, 0) is 61.1 Å². The first-order valence-electron chi connectivity index (χ1n) is 41.2. The zero-order valence-electron chi connectivity index (χ0n) is 62.1. The van der Waals surface area contributed by atoms with E-state index < -0.39 is 20.2 Å². The van der Waals surface area contributed by atoms with Gasteiger partial charge in [-0.15, -0.1) is 0 Å². The van der Waals surface area contributed by atoms with Gasteiger partial charge >= 0.3 is 48.9 Å². The van der Waals surface area contributed by atoms with Crippen LogP contribution in [0, 0.1) is 0 Å². The van der Waals surface area contributed by atoms with Gasteiger partial charge < -0.3 is 9.11 Å². The van der Waals surface area contributed by atoms with Crippen LogP contribution in [0.1, 0.15) is 462 Å². The van der Waals surface area contributed by atoms with E-state index in [0.717, 1.165) is 36.8 Å². The van der Waals surface area contributed by atoms with Crippen molar-refractivity contribution in [2.45, 2.75) is 473 Å². The summed E-state index contributed by atoms with van der Waals surface area (Å²) in [6, 6.07) is 13.0. The molecule has 0 aromatic heterocycles. The zero-order chi connectivity index (χ0) is 66.5. The first kappa shape index (κ1) is 92.8. The molecular formula is C84H154BaO6S2. The Morgan fingerprint density at radius 2 is 0.344 bits per heavy atom. The summed E-state index contributed by atoms with van der Waals surface area (Å²) < 4.78 is 66.9. The fraction of sp³-hybridized carbons (Fsp3) is 0.857. The van der Waals surface area contributed by atoms with Crippen molar-refractivity contribution in [1.29, 1.82) is 0 Å². The summed E-state index contributed by atoms with van der Waals surface area (Å²) in [4.78, 5) is -0.211. The van der Waals surface area contributed by atoms with Crippen molar-refractivity contribution in [3.05, 3.63) is 59.7 Å². The number of rotatable bonds is 72. The zero-order valence-corrected chi connectivity index (χ0v) is 68.2. The van der Waals surface area contributed by atoms with E-state index >= 15 is 0 Å². The molecule has 0 amide bonds. The molecule has 0 N–H and O–H groups in total. The maximum Gasteiger partial charge on any atom is 2.00 e. The van der Waals surface area contributed by atoms with Crippen molar-refractivity contribution >= 4 is 69.1 Å². The third-order valence-electron chi connectivity index (χ3n) is 20.0. The van der Waals surface area contributed by atoms with Crippen molar-refractivity contribution in [1.82, 2.24) is 0 Å². The van der Waals surface area contributed by atoms with E-state index in [1.165, 1.54) is 448 Å². The fourth-order valence-corrected chi connectivity index (χ4v) is 14.9. The van der Waals surface area contributed by atoms with Crippen LogP contribution in [0.25, 0.3) is 0 Å². The second kappa shape index (κ2) is 73.1. The van der Waals surface area contributed by atoms with Gasteiger partial charge in [0.25, 0.3) is 0 Å². The van der Waals surface area contributed by atoms with Gasteiger partial charge in [-0.2, -0.15) is 0 Å². The summed E-state index contributed by atoms with van der Waals surface area (Å²) in [6.45, 7) is 4.60. The van der Waals surface area contributed by atoms with Crippen LogP contribution in [0.15, 0.2) is 58.3 Å². The second-order valence-corrected chi connectivity index (χ2v) is 31.8. The van der Waals surface area contributed by atoms with E-state index in [-0.39, 0.29) is 58.7 Å². The van der Waals surface area contributed by atoms with Crippen molar-refractivity contribution in [2.75, 3.05) is 0 Å². The number of benzene rings is 2. The summed E-state index contributed by atoms with van der Waals surface area (Å²) in [5.74, 6) is 0. The van der Waals surface area contributed by atoms with Crippen molar-refractivity contribution in [3.8, 4) is 0 Å². The summed E-state index contributed by atoms with van der Waals surface area (Å²) >= 11 is 0. The van der Waals surface area contributed by atoms with Crippen LogP contribution in [-0.2, 0) is 33.1 Å². The molecule has 0 unspecified atom stereocenters. The Morgan fingerprint density at radius 3 is 0.473 bits per heavy atom. The van der Waals surface area contributed by atoms with Gasteiger partial charge in [0.1, 0.15) is 20.2 Å². The first-order valence-corrected chi connectivity index (χ1v) is 44.0. The van der Waals surface area contributed by atoms with E-state index in [0.29, 0.717) is 0 Å². The molecule has 0 spiro atoms. The summed E-state index contributed by atoms with van der Waals surface area (Å²) in [5.41, 5.74) is 1.90. The molecule has 6 nitrogen and oxygen atoms in total. The summed E-state index contributed by atoms with van der Waals surface area (Å²) in [6.07, 6.45) is 98.0. The van der Waals surface area contributed by atoms with E-state index in [4.69, 9.17) is 0 Å². The van der Waals surface area contributed by atoms with Crippen LogP contribution in [0.4, 0.5) is 0 Å². The number of unbranched alkanes of at least 4 members (excludes halogenated alkanes) is 66. The van der Waals surface area contributed by atoms with Crippen LogP contribution in [0.2, 0.25) is 0 Å². The summed E-state index contributed by atoms with van der Waals surface area (Å²) in [5, 5.41) is 0. The Labute approximate surface area is 622 Å². The minimum atomic E-state index is -4.35. The van der Waals surface area contributed by atoms with E-state index in [1.807, 2.05) is 12.1 Å². The molecule has 2 aromatic rings. The molecule has 0 aliphatic rings. The number of hydrogen-bond acceptors (Lipinski definition) is 6. The first-order chi connectivity index (χ1) is 45.1. The summed E-state index contributed by atoms with van der Waals surface area (Å²) in [7, 11) is -8.69. The van der Waals surface area contributed by atoms with Gasteiger partial charge in [0, 0.05) is 0 Å². The molecule has 0 aliphatic heterocycles. The molecule has 0 atom stereocenters. The molecule has 0 saturated heterocycles. The van der Waals surface area contributed by atoms with Crippen LogP contribution < -0.4 is 0 Å². The molecule has 0 aliphatic carbocycles. The molecule has 93 heavy (non-hydrogen) atoms. The van der Waals surface area contributed by atoms with Gasteiger partial charge in [-0.1, -0.05) is 462 Å². The second-order valence-electron chi connectivity index (χ2n) is 29.0. The van der Waals surface area contributed by atoms with Crippen molar-refractivity contribution in [2.24, 2.45) is 0 Å². The molecule has 2 rings (SSSR count). The van der Waals surface area contributed by atoms with Crippen LogP contribution in [0.3, 0.4) is 0 Å². The van der Waals surface area contributed by atoms with Crippen LogP contribution in [0.5, 0.6) is 0 Å². The minimum Gasteiger partial charge on any atom is -0.744 e. The Morgan fingerprint density at radius 1 is 0.215 bits per heavy atom. The van der Waals surface area contributed by atoms with Crippen molar-refractivity contribution in [3.63, 3.8) is 0 Å². The number of aryl methyl sites for hydroxylation is 2. The molecular weight excluding hydrogens is 1310 g/mol. The van der Waals surface area contributed by atoms with E-state index in [1.54, 1.807) is 12.1 Å². The monoisotopic (exact) mass is 1460 g/mol. The smallest absolute Gasteiger partial charge is 0.744 e. The third kappa shape index (κ3) is 68.7. The molecule has 0 heterocycles. The molecule has 0 bridgehead atoms. The van der Waals surface area contributed by atoms with Gasteiger partial charge in [0.2, 0.25) is 0 Å². The van der Waals surface area contributed by atoms with Gasteiger partial charge in [0.15, 0.2) is 0 Å². The van der Waals surface area contributed by atoms with Crippen molar-refractivity contribution < 1.29 is 25.9 Å². The van der Waals surface area contributed by atoms with Gasteiger partial charge in [0.05, 0.1) is 9.79 Å². The quantitative estimate of drug-likeness (QED) is 0.0370. The normalized spacial score (nSPS) is 11.7. The average molecular weight is 1460 g/mol. The molecule has 0 radical (unpaired) electrons. The Hall–Kier alpha value is -0.169. The SMILES string of the molecule is CCCCCCCCCCCCCCCCCCCCCCCCCCCCCCCCCCCCc1cccc(S(=O)(=O)[O-])c1.CCCCCCCCCCCCCCCCCCCCCCCCCCCCCCCCCCCCc1cccc(S(=O)(=O)[O-])c1.[Ba+2]. The maximum absolute atomic E-state index is 11.2. The van der Waals surface area contributed by atoms with E-state index in [2.05, 4.69) is 13.8 Å². The van der Waals surface area contributed by atoms with Crippen LogP contribution in [-0.4, -0.2) is 74.8 Å². The van der Waals surface area contributed by atoms with Gasteiger partial charge in [-0.25, -0.2) is 16.8 Å². The minimum absolute atomic E-state index is 0. The topological polar surface area (TPSA) is 114 Å². The maximum atomic E-state index is 11.2. The third-order valence-corrected chi connectivity index (χ3v) is 21.7. The van der Waals surface area contributed by atoms with E-state index in [9.17, 15) is 25.9 Å². The van der Waals surface area contributed by atoms with Crippen LogP contribution >= 0.6 is 0 Å². The predicted octanol–water partition coefficient (Wildman–Crippen LogP) is 28.5. The van der Waals surface area contributed by atoms with Gasteiger partial charge in [-0.3, -0.25) is 0 Å². The Kier molecular flexibility index (Phi) is 72.9. The molecule has 0 fully saturated rings. The standard InChI is InChI=1S/2C42H78O3S.Ba/c2*1-2-3-4-5-6-7-8-9-10-11-12-13-14-15-16-17-18-19-20-21-22-23-24-25-26-27-28-29-30-31-32-33-34-35-37-41-38-36-39-42(40-41)46(43,44)45;/h2*36,38-40H,2-35,37H2,1H3,(H,43,44,45);/q;;+2/p-2. The molecule has 9 heteroatoms. The Balaban J connectivity index is 0.00000180. The number of hydrogen-bond donors (Lipinski definition) is 0. The average Bonchev–Trinajstić information content (AvgIpc) is 2.37. The Bertz CT molecular complexity index is 1880. The fourth-order valence-electron chi connectivity index (χ4n) is 13.8. The molecule has 2 aromatic carbocycles. The molecule has 0 saturated carbocycles. The largest absolute Gasteiger partial charge is 2.00 e.